The van der Waals surface area contributed by atoms with Crippen molar-refractivity contribution in [2.45, 2.75) is 19.5 Å². The Morgan fingerprint density at radius 3 is 2.96 bits per heavy atom. The standard InChI is InChI=1S/C17H20N5O5/c1-3-26-12(23)10-22-15(24)13-14(19(2)17(22)25)18-16-20(6-7-21(13)16)9-11-5-4-8-27-11/h4-5,8,13H,3,6-7,9-10H2,1-2H3/q+1. The Labute approximate surface area is 155 Å². The minimum absolute atomic E-state index is 0.187. The highest BCUT2D eigenvalue weighted by Crippen LogP contribution is 2.26. The lowest BCUT2D eigenvalue weighted by Gasteiger charge is -2.33. The third-order valence-electron chi connectivity index (χ3n) is 4.80. The van der Waals surface area contributed by atoms with Gasteiger partial charge in [0.15, 0.2) is 0 Å². The second kappa shape index (κ2) is 6.53. The summed E-state index contributed by atoms with van der Waals surface area (Å²) in [5.74, 6) is 0.733. The summed E-state index contributed by atoms with van der Waals surface area (Å²) < 4.78 is 12.3. The van der Waals surface area contributed by atoms with E-state index in [1.807, 2.05) is 21.6 Å². The molecule has 27 heavy (non-hydrogen) atoms. The number of hydrogen-bond acceptors (Lipinski definition) is 7. The van der Waals surface area contributed by atoms with Crippen molar-refractivity contribution in [1.82, 2.24) is 14.7 Å². The fourth-order valence-electron chi connectivity index (χ4n) is 3.54. The zero-order chi connectivity index (χ0) is 19.1. The van der Waals surface area contributed by atoms with Gasteiger partial charge in [-0.05, 0) is 19.1 Å². The minimum atomic E-state index is -0.710. The Balaban J connectivity index is 1.62. The maximum absolute atomic E-state index is 13.0. The molecule has 142 valence electrons. The van der Waals surface area contributed by atoms with Crippen LogP contribution >= 0.6 is 0 Å². The second-order valence-electron chi connectivity index (χ2n) is 6.44. The van der Waals surface area contributed by atoms with Gasteiger partial charge in [0.25, 0.3) is 5.91 Å². The van der Waals surface area contributed by atoms with Gasteiger partial charge in [0.1, 0.15) is 18.8 Å². The fourth-order valence-corrected chi connectivity index (χ4v) is 3.54. The molecule has 10 nitrogen and oxygen atoms in total. The van der Waals surface area contributed by atoms with Crippen molar-refractivity contribution in [3.8, 4) is 0 Å². The van der Waals surface area contributed by atoms with Crippen LogP contribution in [0.25, 0.3) is 0 Å². The summed E-state index contributed by atoms with van der Waals surface area (Å²) in [7, 11) is 1.55. The van der Waals surface area contributed by atoms with E-state index in [0.29, 0.717) is 31.4 Å². The molecule has 1 aromatic rings. The summed E-state index contributed by atoms with van der Waals surface area (Å²) in [5, 5.41) is 0. The molecule has 3 aliphatic rings. The van der Waals surface area contributed by atoms with E-state index in [0.717, 1.165) is 10.7 Å². The number of rotatable bonds is 5. The van der Waals surface area contributed by atoms with Crippen LogP contribution in [0, 0.1) is 0 Å². The molecule has 4 heterocycles. The number of guanidine groups is 1. The Morgan fingerprint density at radius 1 is 1.44 bits per heavy atom. The van der Waals surface area contributed by atoms with E-state index in [1.165, 1.54) is 4.90 Å². The first-order valence-electron chi connectivity index (χ1n) is 8.75. The lowest BCUT2D eigenvalue weighted by atomic mass is 10.1. The van der Waals surface area contributed by atoms with Gasteiger partial charge in [-0.3, -0.25) is 19.1 Å². The monoisotopic (exact) mass is 374 g/mol. The van der Waals surface area contributed by atoms with E-state index >= 15 is 0 Å². The Bertz CT molecular complexity index is 859. The average Bonchev–Trinajstić information content (AvgIpc) is 3.35. The van der Waals surface area contributed by atoms with Crippen molar-refractivity contribution >= 4 is 29.7 Å². The van der Waals surface area contributed by atoms with Gasteiger partial charge in [0.05, 0.1) is 26.0 Å². The zero-order valence-electron chi connectivity index (χ0n) is 15.1. The van der Waals surface area contributed by atoms with Crippen molar-refractivity contribution in [2.24, 2.45) is 4.99 Å². The molecule has 1 fully saturated rings. The van der Waals surface area contributed by atoms with Crippen molar-refractivity contribution in [2.75, 3.05) is 33.3 Å². The van der Waals surface area contributed by atoms with Crippen LogP contribution in [0.3, 0.4) is 0 Å². The molecule has 3 aliphatic heterocycles. The maximum atomic E-state index is 13.0. The van der Waals surface area contributed by atoms with Gasteiger partial charge in [0.2, 0.25) is 11.9 Å². The van der Waals surface area contributed by atoms with Crippen LogP contribution in [0.15, 0.2) is 27.8 Å². The molecule has 4 rings (SSSR count). The maximum Gasteiger partial charge on any atom is 0.393 e. The van der Waals surface area contributed by atoms with Crippen molar-refractivity contribution in [3.63, 3.8) is 0 Å². The molecule has 1 saturated heterocycles. The first kappa shape index (κ1) is 17.3. The van der Waals surface area contributed by atoms with E-state index in [9.17, 15) is 14.4 Å². The number of furan rings is 1. The number of urea groups is 1. The highest BCUT2D eigenvalue weighted by atomic mass is 16.5. The average molecular weight is 374 g/mol. The van der Waals surface area contributed by atoms with Gasteiger partial charge in [-0.1, -0.05) is 4.99 Å². The van der Waals surface area contributed by atoms with Crippen LogP contribution in [-0.2, 0) is 20.9 Å². The highest BCUT2D eigenvalue weighted by molar-refractivity contribution is 6.26. The smallest absolute Gasteiger partial charge is 0.393 e. The van der Waals surface area contributed by atoms with E-state index in [-0.39, 0.29) is 6.61 Å². The molecule has 1 atom stereocenters. The first-order valence-corrected chi connectivity index (χ1v) is 8.75. The van der Waals surface area contributed by atoms with Gasteiger partial charge in [-0.25, -0.2) is 14.6 Å². The predicted octanol–water partition coefficient (Wildman–Crippen LogP) is -0.298. The van der Waals surface area contributed by atoms with E-state index in [1.54, 1.807) is 20.2 Å². The molecule has 0 bridgehead atoms. The van der Waals surface area contributed by atoms with Crippen LogP contribution in [0.4, 0.5) is 4.79 Å². The van der Waals surface area contributed by atoms with Crippen LogP contribution in [0.1, 0.15) is 12.7 Å². The number of ether oxygens (including phenoxy) is 1. The molecule has 0 spiro atoms. The number of hydrogen-bond donors (Lipinski definition) is 0. The van der Waals surface area contributed by atoms with Crippen molar-refractivity contribution < 1.29 is 28.1 Å². The van der Waals surface area contributed by atoms with Crippen LogP contribution in [0.2, 0.25) is 0 Å². The molecular formula is C17H20N5O5+. The van der Waals surface area contributed by atoms with Gasteiger partial charge in [-0.15, -0.1) is 0 Å². The number of likely N-dealkylation sites (N-methyl/N-ethyl adjacent to an activating group) is 1. The zero-order valence-corrected chi connectivity index (χ0v) is 15.1. The molecule has 0 radical (unpaired) electrons. The molecule has 3 amide bonds. The van der Waals surface area contributed by atoms with Gasteiger partial charge in [-0.2, -0.15) is 0 Å². The van der Waals surface area contributed by atoms with Crippen LogP contribution in [0.5, 0.6) is 0 Å². The summed E-state index contributed by atoms with van der Waals surface area (Å²) in [4.78, 5) is 46.0. The van der Waals surface area contributed by atoms with Gasteiger partial charge < -0.3 is 9.15 Å². The summed E-state index contributed by atoms with van der Waals surface area (Å²) in [5.41, 5.74) is 0. The number of fused-ring (bicyclic) bond motifs is 3. The molecule has 0 N–H and O–H groups in total. The van der Waals surface area contributed by atoms with Gasteiger partial charge in [0, 0.05) is 7.05 Å². The quantitative estimate of drug-likeness (QED) is 0.518. The number of nitrogens with zero attached hydrogens (tertiary/aromatic N) is 5. The minimum Gasteiger partial charge on any atom is -0.466 e. The third-order valence-corrected chi connectivity index (χ3v) is 4.80. The van der Waals surface area contributed by atoms with Crippen molar-refractivity contribution in [3.05, 3.63) is 24.2 Å². The predicted molar refractivity (Wildman–Crippen MR) is 92.0 cm³/mol. The Kier molecular flexibility index (Phi) is 4.17. The molecule has 1 aromatic heterocycles. The number of imide groups is 1. The summed E-state index contributed by atoms with van der Waals surface area (Å²) in [6, 6.07) is 2.40. The molecule has 10 heteroatoms. The van der Waals surface area contributed by atoms with Crippen LogP contribution < -0.4 is 0 Å². The first-order chi connectivity index (χ1) is 13.0. The summed E-state index contributed by atoms with van der Waals surface area (Å²) in [6.45, 7) is 3.26. The van der Waals surface area contributed by atoms with E-state index in [4.69, 9.17) is 9.15 Å². The number of carbonyl (C=O) groups is 3. The number of amidine groups is 1. The highest BCUT2D eigenvalue weighted by Gasteiger charge is 2.57. The Morgan fingerprint density at radius 2 is 2.26 bits per heavy atom. The summed E-state index contributed by atoms with van der Waals surface area (Å²) in [6.07, 6.45) is 1.61. The van der Waals surface area contributed by atoms with E-state index in [2.05, 4.69) is 4.99 Å². The number of amides is 3. The molecule has 0 aliphatic carbocycles. The molecule has 0 saturated carbocycles. The van der Waals surface area contributed by atoms with Gasteiger partial charge >= 0.3 is 18.0 Å². The van der Waals surface area contributed by atoms with E-state index < -0.39 is 30.5 Å². The lowest BCUT2D eigenvalue weighted by molar-refractivity contribution is -0.537. The molecule has 1 unspecified atom stereocenters. The third kappa shape index (κ3) is 2.77. The lowest BCUT2D eigenvalue weighted by Crippen LogP contribution is -2.64. The van der Waals surface area contributed by atoms with Crippen LogP contribution in [-0.4, -0.2) is 88.3 Å². The number of esters is 1. The normalized spacial score (nSPS) is 21.6. The fraction of sp³-hybridized carbons (Fsp3) is 0.471. The topological polar surface area (TPSA) is 98.7 Å². The summed E-state index contributed by atoms with van der Waals surface area (Å²) >= 11 is 0. The SMILES string of the molecule is CCOC(=O)CN1C(=O)C2C(=NC3=[N+](Cc4ccco4)CCN32)N(C)C1=O. The molecule has 0 aromatic carbocycles. The molecular weight excluding hydrogens is 354 g/mol. The number of aliphatic imine (C=N–C) groups is 1. The second-order valence-corrected chi connectivity index (χ2v) is 6.44. The Hall–Kier alpha value is -3.17. The van der Waals surface area contributed by atoms with Crippen molar-refractivity contribution in [1.29, 1.82) is 0 Å². The number of carbonyl (C=O) groups excluding carboxylic acids is 3. The largest absolute Gasteiger partial charge is 0.466 e.